The average molecular weight is 365 g/mol. The van der Waals surface area contributed by atoms with Crippen LogP contribution < -0.4 is 10.1 Å². The molecule has 140 valence electrons. The van der Waals surface area contributed by atoms with E-state index in [0.29, 0.717) is 30.6 Å². The van der Waals surface area contributed by atoms with Crippen LogP contribution in [0.5, 0.6) is 5.75 Å². The quantitative estimate of drug-likeness (QED) is 0.689. The standard InChI is InChI=1S/C21H23N3O3/c25-20(22-17-7-3-4-8-17)11-12-21-23-19(24-27-21)14-26-18-10-9-15-5-1-2-6-16(15)13-18/h1-2,5-6,9-10,13,17H,3-4,7-8,11-12,14H2,(H,22,25). The summed E-state index contributed by atoms with van der Waals surface area (Å²) in [7, 11) is 0. The molecule has 1 saturated carbocycles. The van der Waals surface area contributed by atoms with Crippen molar-refractivity contribution in [1.82, 2.24) is 15.5 Å². The Morgan fingerprint density at radius 2 is 1.96 bits per heavy atom. The van der Waals surface area contributed by atoms with Gasteiger partial charge in [0.05, 0.1) is 0 Å². The lowest BCUT2D eigenvalue weighted by atomic mass is 10.1. The Hall–Kier alpha value is -2.89. The maximum Gasteiger partial charge on any atom is 0.227 e. The van der Waals surface area contributed by atoms with Gasteiger partial charge in [-0.15, -0.1) is 0 Å². The van der Waals surface area contributed by atoms with Gasteiger partial charge in [-0.25, -0.2) is 0 Å². The summed E-state index contributed by atoms with van der Waals surface area (Å²) in [5.74, 6) is 1.76. The highest BCUT2D eigenvalue weighted by Crippen LogP contribution is 2.21. The predicted molar refractivity (Wildman–Crippen MR) is 101 cm³/mol. The minimum Gasteiger partial charge on any atom is -0.485 e. The molecule has 3 aromatic rings. The highest BCUT2D eigenvalue weighted by Gasteiger charge is 2.17. The molecule has 0 spiro atoms. The summed E-state index contributed by atoms with van der Waals surface area (Å²) in [6.07, 6.45) is 5.39. The number of fused-ring (bicyclic) bond motifs is 1. The van der Waals surface area contributed by atoms with E-state index in [9.17, 15) is 4.79 Å². The van der Waals surface area contributed by atoms with Crippen molar-refractivity contribution >= 4 is 16.7 Å². The molecule has 0 atom stereocenters. The van der Waals surface area contributed by atoms with E-state index in [2.05, 4.69) is 21.5 Å². The molecule has 1 fully saturated rings. The van der Waals surface area contributed by atoms with E-state index in [-0.39, 0.29) is 12.5 Å². The van der Waals surface area contributed by atoms with Gasteiger partial charge in [0, 0.05) is 18.9 Å². The van der Waals surface area contributed by atoms with Crippen molar-refractivity contribution in [2.45, 2.75) is 51.2 Å². The molecule has 1 aliphatic carbocycles. The van der Waals surface area contributed by atoms with Crippen LogP contribution in [0.25, 0.3) is 10.8 Å². The smallest absolute Gasteiger partial charge is 0.227 e. The van der Waals surface area contributed by atoms with Gasteiger partial charge in [0.15, 0.2) is 6.61 Å². The molecular weight excluding hydrogens is 342 g/mol. The van der Waals surface area contributed by atoms with E-state index < -0.39 is 0 Å². The lowest BCUT2D eigenvalue weighted by Crippen LogP contribution is -2.32. The fraction of sp³-hybridized carbons (Fsp3) is 0.381. The second-order valence-corrected chi connectivity index (χ2v) is 6.95. The molecular formula is C21H23N3O3. The van der Waals surface area contributed by atoms with E-state index in [1.165, 1.54) is 18.2 Å². The van der Waals surface area contributed by atoms with Crippen molar-refractivity contribution in [3.63, 3.8) is 0 Å². The van der Waals surface area contributed by atoms with Gasteiger partial charge in [0.25, 0.3) is 0 Å². The lowest BCUT2D eigenvalue weighted by molar-refractivity contribution is -0.121. The third-order valence-corrected chi connectivity index (χ3v) is 4.89. The first-order valence-electron chi connectivity index (χ1n) is 9.49. The van der Waals surface area contributed by atoms with Crippen LogP contribution in [0.15, 0.2) is 47.0 Å². The number of benzene rings is 2. The fourth-order valence-electron chi connectivity index (χ4n) is 3.45. The molecule has 4 rings (SSSR count). The largest absolute Gasteiger partial charge is 0.485 e. The Morgan fingerprint density at radius 1 is 1.15 bits per heavy atom. The number of ether oxygens (including phenoxy) is 1. The number of aryl methyl sites for hydroxylation is 1. The molecule has 1 N–H and O–H groups in total. The number of rotatable bonds is 7. The molecule has 0 bridgehead atoms. The summed E-state index contributed by atoms with van der Waals surface area (Å²) in [6, 6.07) is 14.4. The van der Waals surface area contributed by atoms with Crippen LogP contribution in [-0.2, 0) is 17.8 Å². The van der Waals surface area contributed by atoms with Gasteiger partial charge in [-0.05, 0) is 35.7 Å². The van der Waals surface area contributed by atoms with Crippen molar-refractivity contribution in [2.75, 3.05) is 0 Å². The molecule has 1 heterocycles. The number of aromatic nitrogens is 2. The summed E-state index contributed by atoms with van der Waals surface area (Å²) in [4.78, 5) is 16.3. The normalized spacial score (nSPS) is 14.5. The van der Waals surface area contributed by atoms with Crippen molar-refractivity contribution < 1.29 is 14.1 Å². The van der Waals surface area contributed by atoms with Crippen LogP contribution in [-0.4, -0.2) is 22.1 Å². The van der Waals surface area contributed by atoms with Crippen LogP contribution >= 0.6 is 0 Å². The minimum atomic E-state index is 0.0501. The third kappa shape index (κ3) is 4.64. The summed E-state index contributed by atoms with van der Waals surface area (Å²) in [5, 5.41) is 9.29. The van der Waals surface area contributed by atoms with Crippen LogP contribution in [0.4, 0.5) is 0 Å². The van der Waals surface area contributed by atoms with E-state index >= 15 is 0 Å². The Morgan fingerprint density at radius 3 is 2.81 bits per heavy atom. The lowest BCUT2D eigenvalue weighted by Gasteiger charge is -2.10. The van der Waals surface area contributed by atoms with Crippen molar-refractivity contribution in [3.05, 3.63) is 54.2 Å². The Kier molecular flexibility index (Phi) is 5.32. The first-order valence-corrected chi connectivity index (χ1v) is 9.49. The average Bonchev–Trinajstić information content (AvgIpc) is 3.36. The molecule has 0 radical (unpaired) electrons. The fourth-order valence-corrected chi connectivity index (χ4v) is 3.45. The second kappa shape index (κ2) is 8.20. The second-order valence-electron chi connectivity index (χ2n) is 6.95. The Balaban J connectivity index is 1.26. The molecule has 27 heavy (non-hydrogen) atoms. The molecule has 1 aliphatic rings. The van der Waals surface area contributed by atoms with Gasteiger partial charge in [-0.1, -0.05) is 48.3 Å². The zero-order valence-electron chi connectivity index (χ0n) is 15.2. The zero-order valence-corrected chi connectivity index (χ0v) is 15.2. The maximum absolute atomic E-state index is 12.0. The molecule has 0 unspecified atom stereocenters. The van der Waals surface area contributed by atoms with Crippen molar-refractivity contribution in [3.8, 4) is 5.75 Å². The van der Waals surface area contributed by atoms with Gasteiger partial charge < -0.3 is 14.6 Å². The summed E-state index contributed by atoms with van der Waals surface area (Å²) in [5.41, 5.74) is 0. The highest BCUT2D eigenvalue weighted by atomic mass is 16.5. The number of carbonyl (C=O) groups is 1. The molecule has 2 aromatic carbocycles. The minimum absolute atomic E-state index is 0.0501. The summed E-state index contributed by atoms with van der Waals surface area (Å²) < 4.78 is 11.0. The Labute approximate surface area is 157 Å². The molecule has 6 heteroatoms. The number of amides is 1. The van der Waals surface area contributed by atoms with Crippen LogP contribution in [0, 0.1) is 0 Å². The number of nitrogens with one attached hydrogen (secondary N) is 1. The summed E-state index contributed by atoms with van der Waals surface area (Å²) >= 11 is 0. The Bertz CT molecular complexity index is 916. The monoisotopic (exact) mass is 365 g/mol. The van der Waals surface area contributed by atoms with Crippen molar-refractivity contribution in [2.24, 2.45) is 0 Å². The highest BCUT2D eigenvalue weighted by molar-refractivity contribution is 5.83. The molecule has 6 nitrogen and oxygen atoms in total. The molecule has 1 aromatic heterocycles. The first-order chi connectivity index (χ1) is 13.3. The number of carbonyl (C=O) groups excluding carboxylic acids is 1. The summed E-state index contributed by atoms with van der Waals surface area (Å²) in [6.45, 7) is 0.232. The third-order valence-electron chi connectivity index (χ3n) is 4.89. The van der Waals surface area contributed by atoms with E-state index in [0.717, 1.165) is 24.0 Å². The first kappa shape index (κ1) is 17.5. The van der Waals surface area contributed by atoms with E-state index in [1.807, 2.05) is 36.4 Å². The van der Waals surface area contributed by atoms with Crippen LogP contribution in [0.1, 0.15) is 43.8 Å². The van der Waals surface area contributed by atoms with E-state index in [4.69, 9.17) is 9.26 Å². The van der Waals surface area contributed by atoms with Crippen LogP contribution in [0.2, 0.25) is 0 Å². The molecule has 0 saturated heterocycles. The topological polar surface area (TPSA) is 77.2 Å². The van der Waals surface area contributed by atoms with Crippen molar-refractivity contribution in [1.29, 1.82) is 0 Å². The zero-order chi connectivity index (χ0) is 18.5. The van der Waals surface area contributed by atoms with Gasteiger partial charge >= 0.3 is 0 Å². The molecule has 1 amide bonds. The van der Waals surface area contributed by atoms with Gasteiger partial charge in [0.2, 0.25) is 17.6 Å². The van der Waals surface area contributed by atoms with Gasteiger partial charge in [0.1, 0.15) is 5.75 Å². The van der Waals surface area contributed by atoms with Crippen LogP contribution in [0.3, 0.4) is 0 Å². The maximum atomic E-state index is 12.0. The predicted octanol–water partition coefficient (Wildman–Crippen LogP) is 3.79. The van der Waals surface area contributed by atoms with E-state index in [1.54, 1.807) is 0 Å². The van der Waals surface area contributed by atoms with Gasteiger partial charge in [-0.2, -0.15) is 4.98 Å². The SMILES string of the molecule is O=C(CCc1nc(COc2ccc3ccccc3c2)no1)NC1CCCC1. The van der Waals surface area contributed by atoms with Gasteiger partial charge in [-0.3, -0.25) is 4.79 Å². The number of hydrogen-bond donors (Lipinski definition) is 1. The number of nitrogens with zero attached hydrogens (tertiary/aromatic N) is 2. The molecule has 0 aliphatic heterocycles. The number of hydrogen-bond acceptors (Lipinski definition) is 5.